The van der Waals surface area contributed by atoms with Crippen LogP contribution in [0.1, 0.15) is 5.69 Å². The third kappa shape index (κ3) is 3.84. The van der Waals surface area contributed by atoms with Crippen molar-refractivity contribution < 1.29 is 26.7 Å². The maximum atomic E-state index is 14.0. The number of rotatable bonds is 6. The van der Waals surface area contributed by atoms with Crippen molar-refractivity contribution in [3.63, 3.8) is 0 Å². The average Bonchev–Trinajstić information content (AvgIpc) is 2.85. The zero-order chi connectivity index (χ0) is 18.8. The summed E-state index contributed by atoms with van der Waals surface area (Å²) in [5.74, 6) is -1.86. The smallest absolute Gasteiger partial charge is 0.278 e. The summed E-state index contributed by atoms with van der Waals surface area (Å²) in [4.78, 5) is 12.0. The zero-order valence-corrected chi connectivity index (χ0v) is 13.7. The summed E-state index contributed by atoms with van der Waals surface area (Å²) in [6, 6.07) is 2.20. The molecule has 25 heavy (non-hydrogen) atoms. The van der Waals surface area contributed by atoms with Gasteiger partial charge in [-0.2, -0.15) is 18.3 Å². The molecule has 1 amide bonds. The molecule has 2 rings (SSSR count). The first kappa shape index (κ1) is 19.0. The van der Waals surface area contributed by atoms with Crippen molar-refractivity contribution in [3.05, 3.63) is 48.2 Å². The Balaban J connectivity index is 2.71. The molecule has 0 unspecified atom stereocenters. The Morgan fingerprint density at radius 1 is 1.36 bits per heavy atom. The maximum Gasteiger partial charge on any atom is 0.437 e. The van der Waals surface area contributed by atoms with Gasteiger partial charge in [-0.1, -0.05) is 6.08 Å². The van der Waals surface area contributed by atoms with Gasteiger partial charge in [0.05, 0.1) is 5.69 Å². The second kappa shape index (κ2) is 7.26. The Labute approximate surface area is 143 Å². The van der Waals surface area contributed by atoms with E-state index in [0.29, 0.717) is 11.0 Å². The number of carbonyl (C=O) groups is 1. The van der Waals surface area contributed by atoms with Crippen LogP contribution in [0.3, 0.4) is 0 Å². The molecule has 0 bridgehead atoms. The summed E-state index contributed by atoms with van der Waals surface area (Å²) in [5.41, 5.74) is -2.49. The predicted molar refractivity (Wildman–Crippen MR) is 83.7 cm³/mol. The van der Waals surface area contributed by atoms with Crippen molar-refractivity contribution in [3.8, 4) is 0 Å². The molecule has 1 aromatic carbocycles. The molecule has 0 N–H and O–H groups in total. The standard InChI is InChI=1S/C15H12F5N3OS/c1-3-6-25-14-12(13(15(18,19)20)21-22(14)2)23(8-24)11-5-4-9(16)7-10(11)17/h3-5,7-8H,1,6H2,2H3. The number of alkyl halides is 3. The number of aryl methyl sites for hydroxylation is 1. The molecule has 2 aromatic rings. The molecule has 1 aromatic heterocycles. The quantitative estimate of drug-likeness (QED) is 0.326. The van der Waals surface area contributed by atoms with E-state index in [1.54, 1.807) is 0 Å². The maximum absolute atomic E-state index is 14.0. The lowest BCUT2D eigenvalue weighted by atomic mass is 10.2. The monoisotopic (exact) mass is 377 g/mol. The van der Waals surface area contributed by atoms with Crippen molar-refractivity contribution in [1.82, 2.24) is 9.78 Å². The number of hydrogen-bond donors (Lipinski definition) is 0. The number of carbonyl (C=O) groups excluding carboxylic acids is 1. The van der Waals surface area contributed by atoms with Gasteiger partial charge in [-0.15, -0.1) is 18.3 Å². The number of hydrogen-bond acceptors (Lipinski definition) is 3. The van der Waals surface area contributed by atoms with Crippen LogP contribution in [0, 0.1) is 11.6 Å². The topological polar surface area (TPSA) is 38.1 Å². The van der Waals surface area contributed by atoms with Gasteiger partial charge in [-0.25, -0.2) is 8.78 Å². The van der Waals surface area contributed by atoms with E-state index in [9.17, 15) is 26.7 Å². The van der Waals surface area contributed by atoms with E-state index in [2.05, 4.69) is 11.7 Å². The Hall–Kier alpha value is -2.36. The molecule has 0 saturated heterocycles. The normalized spacial score (nSPS) is 11.4. The van der Waals surface area contributed by atoms with Crippen LogP contribution in [0.25, 0.3) is 0 Å². The van der Waals surface area contributed by atoms with Crippen molar-refractivity contribution >= 4 is 29.5 Å². The van der Waals surface area contributed by atoms with E-state index >= 15 is 0 Å². The van der Waals surface area contributed by atoms with Gasteiger partial charge in [0.2, 0.25) is 6.41 Å². The lowest BCUT2D eigenvalue weighted by molar-refractivity contribution is -0.140. The highest BCUT2D eigenvalue weighted by molar-refractivity contribution is 7.99. The molecule has 134 valence electrons. The third-order valence-electron chi connectivity index (χ3n) is 3.09. The Bertz CT molecular complexity index is 803. The zero-order valence-electron chi connectivity index (χ0n) is 12.8. The molecular weight excluding hydrogens is 365 g/mol. The highest BCUT2D eigenvalue weighted by Gasteiger charge is 2.41. The van der Waals surface area contributed by atoms with Crippen LogP contribution in [0.5, 0.6) is 0 Å². The first-order valence-electron chi connectivity index (χ1n) is 6.78. The molecule has 0 saturated carbocycles. The fourth-order valence-corrected chi connectivity index (χ4v) is 2.95. The van der Waals surface area contributed by atoms with Crippen LogP contribution in [-0.4, -0.2) is 21.9 Å². The molecule has 0 aliphatic carbocycles. The van der Waals surface area contributed by atoms with Gasteiger partial charge in [0.1, 0.15) is 22.3 Å². The van der Waals surface area contributed by atoms with Gasteiger partial charge >= 0.3 is 6.18 Å². The first-order valence-corrected chi connectivity index (χ1v) is 7.76. The molecule has 10 heteroatoms. The summed E-state index contributed by atoms with van der Waals surface area (Å²) in [5, 5.41) is 3.40. The minimum atomic E-state index is -4.88. The number of benzene rings is 1. The van der Waals surface area contributed by atoms with E-state index in [1.165, 1.54) is 13.1 Å². The minimum Gasteiger partial charge on any atom is -0.278 e. The van der Waals surface area contributed by atoms with Crippen LogP contribution in [0.15, 0.2) is 35.9 Å². The van der Waals surface area contributed by atoms with Gasteiger partial charge in [-0.3, -0.25) is 14.4 Å². The molecule has 0 spiro atoms. The highest BCUT2D eigenvalue weighted by atomic mass is 32.2. The largest absolute Gasteiger partial charge is 0.437 e. The summed E-state index contributed by atoms with van der Waals surface area (Å²) in [7, 11) is 1.27. The number of halogens is 5. The summed E-state index contributed by atoms with van der Waals surface area (Å²) >= 11 is 0.943. The van der Waals surface area contributed by atoms with Crippen LogP contribution in [-0.2, 0) is 18.0 Å². The Morgan fingerprint density at radius 2 is 2.04 bits per heavy atom. The van der Waals surface area contributed by atoms with E-state index in [1.807, 2.05) is 0 Å². The second-order valence-corrected chi connectivity index (χ2v) is 5.80. The number of nitrogens with zero attached hydrogens (tertiary/aromatic N) is 3. The number of aromatic nitrogens is 2. The van der Waals surface area contributed by atoms with Gasteiger partial charge in [-0.05, 0) is 12.1 Å². The van der Waals surface area contributed by atoms with Gasteiger partial charge in [0.15, 0.2) is 5.69 Å². The number of amides is 1. The van der Waals surface area contributed by atoms with Crippen molar-refractivity contribution in [2.45, 2.75) is 11.2 Å². The SMILES string of the molecule is C=CCSc1c(N(C=O)c2ccc(F)cc2F)c(C(F)(F)F)nn1C. The minimum absolute atomic E-state index is 0.0111. The lowest BCUT2D eigenvalue weighted by Crippen LogP contribution is -2.20. The molecular formula is C15H12F5N3OS. The van der Waals surface area contributed by atoms with E-state index < -0.39 is 34.9 Å². The Morgan fingerprint density at radius 3 is 2.56 bits per heavy atom. The molecule has 1 heterocycles. The van der Waals surface area contributed by atoms with E-state index in [4.69, 9.17) is 0 Å². The fraction of sp³-hybridized carbons (Fsp3) is 0.200. The van der Waals surface area contributed by atoms with Crippen LogP contribution >= 0.6 is 11.8 Å². The van der Waals surface area contributed by atoms with Crippen molar-refractivity contribution in [2.75, 3.05) is 10.7 Å². The summed E-state index contributed by atoms with van der Waals surface area (Å²) < 4.78 is 68.1. The molecule has 0 fully saturated rings. The van der Waals surface area contributed by atoms with Gasteiger partial charge < -0.3 is 0 Å². The van der Waals surface area contributed by atoms with Crippen molar-refractivity contribution in [2.24, 2.45) is 7.05 Å². The van der Waals surface area contributed by atoms with E-state index in [-0.39, 0.29) is 17.2 Å². The Kier molecular flexibility index (Phi) is 5.51. The predicted octanol–water partition coefficient (Wildman–Crippen LogP) is 4.29. The van der Waals surface area contributed by atoms with Crippen molar-refractivity contribution in [1.29, 1.82) is 0 Å². The lowest BCUT2D eigenvalue weighted by Gasteiger charge is -2.20. The second-order valence-electron chi connectivity index (χ2n) is 4.79. The molecule has 4 nitrogen and oxygen atoms in total. The van der Waals surface area contributed by atoms with Crippen LogP contribution in [0.2, 0.25) is 0 Å². The van der Waals surface area contributed by atoms with Gasteiger partial charge in [0, 0.05) is 18.9 Å². The summed E-state index contributed by atoms with van der Waals surface area (Å²) in [6.45, 7) is 3.48. The third-order valence-corrected chi connectivity index (χ3v) is 4.23. The average molecular weight is 377 g/mol. The molecule has 0 aliphatic rings. The summed E-state index contributed by atoms with van der Waals surface area (Å²) in [6.07, 6.45) is -3.39. The van der Waals surface area contributed by atoms with E-state index in [0.717, 1.165) is 28.6 Å². The number of anilines is 2. The number of thioether (sulfide) groups is 1. The first-order chi connectivity index (χ1) is 11.7. The molecule has 0 atom stereocenters. The fourth-order valence-electron chi connectivity index (χ4n) is 2.11. The van der Waals surface area contributed by atoms with Gasteiger partial charge in [0.25, 0.3) is 0 Å². The van der Waals surface area contributed by atoms with Crippen LogP contribution < -0.4 is 4.90 Å². The highest BCUT2D eigenvalue weighted by Crippen LogP contribution is 2.44. The van der Waals surface area contributed by atoms with Crippen LogP contribution in [0.4, 0.5) is 33.3 Å². The molecule has 0 aliphatic heterocycles. The molecule has 0 radical (unpaired) electrons.